The van der Waals surface area contributed by atoms with Gasteiger partial charge >= 0.3 is 0 Å². The summed E-state index contributed by atoms with van der Waals surface area (Å²) in [5, 5.41) is 18.5. The topological polar surface area (TPSA) is 69.1 Å². The van der Waals surface area contributed by atoms with Crippen LogP contribution in [0.25, 0.3) is 0 Å². The molecule has 1 aromatic rings. The summed E-state index contributed by atoms with van der Waals surface area (Å²) in [7, 11) is 0. The van der Waals surface area contributed by atoms with E-state index in [1.165, 1.54) is 24.3 Å². The van der Waals surface area contributed by atoms with Gasteiger partial charge < -0.3 is 20.5 Å². The van der Waals surface area contributed by atoms with Crippen molar-refractivity contribution in [3.63, 3.8) is 0 Å². The van der Waals surface area contributed by atoms with Crippen LogP contribution >= 0.6 is 35.3 Å². The lowest BCUT2D eigenvalue weighted by Crippen LogP contribution is -2.44. The highest BCUT2D eigenvalue weighted by atomic mass is 127. The fourth-order valence-corrected chi connectivity index (χ4v) is 4.95. The second kappa shape index (κ2) is 13.1. The second-order valence-electron chi connectivity index (χ2n) is 8.17. The Morgan fingerprint density at radius 3 is 3.03 bits per heavy atom. The minimum atomic E-state index is -0.000549. The molecule has 8 heteroatoms. The predicted molar refractivity (Wildman–Crippen MR) is 131 cm³/mol. The Hall–Kier alpha value is -0.420. The molecule has 0 amide bonds. The molecule has 3 N–H and O–H groups in total. The standard InChI is InChI=1S/C21H36N4O2S.HI/c1-2-22-20(24-16-21(7-10-26)8-11-27-17-21)23-13-18-5-3-9-25(14-18)15-19-6-4-12-28-19;/h4,6,12,18,26H,2-3,5,7-11,13-17H2,1H3,(H2,22,23,24);1H. The van der Waals surface area contributed by atoms with Gasteiger partial charge in [0.15, 0.2) is 5.96 Å². The normalized spacial score (nSPS) is 25.6. The smallest absolute Gasteiger partial charge is 0.191 e. The molecule has 0 radical (unpaired) electrons. The molecule has 6 nitrogen and oxygen atoms in total. The quantitative estimate of drug-likeness (QED) is 0.257. The van der Waals surface area contributed by atoms with Crippen molar-refractivity contribution in [2.75, 3.05) is 52.5 Å². The van der Waals surface area contributed by atoms with Crippen LogP contribution < -0.4 is 10.6 Å². The molecule has 0 spiro atoms. The molecule has 2 unspecified atom stereocenters. The van der Waals surface area contributed by atoms with Gasteiger partial charge in [0, 0.05) is 49.7 Å². The molecule has 2 atom stereocenters. The lowest BCUT2D eigenvalue weighted by Gasteiger charge is -2.33. The fraction of sp³-hybridized carbons (Fsp3) is 0.762. The molecular formula is C21H37IN4O2S. The van der Waals surface area contributed by atoms with Crippen molar-refractivity contribution in [3.05, 3.63) is 22.4 Å². The largest absolute Gasteiger partial charge is 0.396 e. The van der Waals surface area contributed by atoms with E-state index >= 15 is 0 Å². The van der Waals surface area contributed by atoms with Crippen LogP contribution in [-0.2, 0) is 11.3 Å². The summed E-state index contributed by atoms with van der Waals surface area (Å²) in [6, 6.07) is 4.37. The van der Waals surface area contributed by atoms with Gasteiger partial charge in [0.05, 0.1) is 13.2 Å². The predicted octanol–water partition coefficient (Wildman–Crippen LogP) is 2.92. The molecule has 3 heterocycles. The number of guanidine groups is 1. The van der Waals surface area contributed by atoms with Crippen LogP contribution in [0.5, 0.6) is 0 Å². The first-order valence-corrected chi connectivity index (χ1v) is 11.6. The third-order valence-electron chi connectivity index (χ3n) is 5.86. The highest BCUT2D eigenvalue weighted by molar-refractivity contribution is 14.0. The highest BCUT2D eigenvalue weighted by Gasteiger charge is 2.34. The number of hydrogen-bond acceptors (Lipinski definition) is 5. The Kier molecular flexibility index (Phi) is 11.2. The highest BCUT2D eigenvalue weighted by Crippen LogP contribution is 2.32. The fourth-order valence-electron chi connectivity index (χ4n) is 4.20. The summed E-state index contributed by atoms with van der Waals surface area (Å²) in [4.78, 5) is 8.88. The number of rotatable bonds is 9. The lowest BCUT2D eigenvalue weighted by molar-refractivity contribution is 0.131. The zero-order valence-corrected chi connectivity index (χ0v) is 20.7. The Balaban J connectivity index is 0.00000300. The van der Waals surface area contributed by atoms with E-state index in [9.17, 15) is 5.11 Å². The maximum Gasteiger partial charge on any atom is 0.191 e. The monoisotopic (exact) mass is 536 g/mol. The number of likely N-dealkylation sites (tertiary alicyclic amines) is 1. The van der Waals surface area contributed by atoms with E-state index in [4.69, 9.17) is 9.73 Å². The average Bonchev–Trinajstić information content (AvgIpc) is 3.37. The zero-order chi connectivity index (χ0) is 19.7. The first-order chi connectivity index (χ1) is 13.7. The maximum atomic E-state index is 9.41. The first-order valence-electron chi connectivity index (χ1n) is 10.7. The van der Waals surface area contributed by atoms with Crippen molar-refractivity contribution in [3.8, 4) is 0 Å². The number of piperidine rings is 1. The van der Waals surface area contributed by atoms with Gasteiger partial charge in [0.25, 0.3) is 0 Å². The van der Waals surface area contributed by atoms with Crippen LogP contribution in [0.4, 0.5) is 0 Å². The Morgan fingerprint density at radius 1 is 1.45 bits per heavy atom. The van der Waals surface area contributed by atoms with Crippen molar-refractivity contribution in [2.24, 2.45) is 16.3 Å². The molecule has 1 aromatic heterocycles. The van der Waals surface area contributed by atoms with E-state index in [1.807, 2.05) is 11.3 Å². The van der Waals surface area contributed by atoms with Crippen LogP contribution in [-0.4, -0.2) is 68.5 Å². The summed E-state index contributed by atoms with van der Waals surface area (Å²) in [5.41, 5.74) is -0.000549. The SMILES string of the molecule is CCNC(=NCC1(CCO)CCOC1)NCC1CCCN(Cc2cccs2)C1.I. The first kappa shape index (κ1) is 24.8. The van der Waals surface area contributed by atoms with Crippen molar-refractivity contribution in [2.45, 2.75) is 39.2 Å². The van der Waals surface area contributed by atoms with Crippen LogP contribution in [0.15, 0.2) is 22.5 Å². The van der Waals surface area contributed by atoms with Crippen LogP contribution in [0, 0.1) is 11.3 Å². The molecule has 29 heavy (non-hydrogen) atoms. The number of thiophene rings is 1. The molecule has 3 rings (SSSR count). The van der Waals surface area contributed by atoms with E-state index < -0.39 is 0 Å². The van der Waals surface area contributed by atoms with Gasteiger partial charge in [0.2, 0.25) is 0 Å². The number of aliphatic hydroxyl groups is 1. The van der Waals surface area contributed by atoms with Crippen LogP contribution in [0.1, 0.15) is 37.5 Å². The number of aliphatic hydroxyl groups excluding tert-OH is 1. The molecule has 0 aliphatic carbocycles. The molecule has 0 aromatic carbocycles. The molecule has 166 valence electrons. The zero-order valence-electron chi connectivity index (χ0n) is 17.6. The van der Waals surface area contributed by atoms with Gasteiger partial charge in [-0.1, -0.05) is 6.07 Å². The van der Waals surface area contributed by atoms with Crippen LogP contribution in [0.2, 0.25) is 0 Å². The minimum Gasteiger partial charge on any atom is -0.396 e. The van der Waals surface area contributed by atoms with Crippen molar-refractivity contribution >= 4 is 41.3 Å². The minimum absolute atomic E-state index is 0. The van der Waals surface area contributed by atoms with Gasteiger partial charge in [0.1, 0.15) is 0 Å². The third kappa shape index (κ3) is 7.97. The summed E-state index contributed by atoms with van der Waals surface area (Å²) in [6.07, 6.45) is 4.28. The van der Waals surface area contributed by atoms with Gasteiger partial charge in [-0.2, -0.15) is 0 Å². The van der Waals surface area contributed by atoms with Gasteiger partial charge in [-0.05, 0) is 56.5 Å². The van der Waals surface area contributed by atoms with E-state index in [0.29, 0.717) is 19.1 Å². The number of aliphatic imine (C=N–C) groups is 1. The molecule has 0 bridgehead atoms. The number of ether oxygens (including phenoxy) is 1. The van der Waals surface area contributed by atoms with E-state index in [2.05, 4.69) is 40.0 Å². The van der Waals surface area contributed by atoms with Crippen molar-refractivity contribution in [1.29, 1.82) is 0 Å². The Morgan fingerprint density at radius 2 is 2.34 bits per heavy atom. The molecule has 0 saturated carbocycles. The molecule has 2 fully saturated rings. The summed E-state index contributed by atoms with van der Waals surface area (Å²) in [5.74, 6) is 1.54. The number of halogens is 1. The van der Waals surface area contributed by atoms with Crippen molar-refractivity contribution in [1.82, 2.24) is 15.5 Å². The van der Waals surface area contributed by atoms with E-state index in [-0.39, 0.29) is 36.0 Å². The summed E-state index contributed by atoms with van der Waals surface area (Å²) >= 11 is 1.85. The van der Waals surface area contributed by atoms with Gasteiger partial charge in [-0.3, -0.25) is 9.89 Å². The molecular weight excluding hydrogens is 499 g/mol. The molecule has 2 aliphatic heterocycles. The van der Waals surface area contributed by atoms with Gasteiger partial charge in [-0.15, -0.1) is 35.3 Å². The second-order valence-corrected chi connectivity index (χ2v) is 9.21. The Labute approximate surface area is 196 Å². The van der Waals surface area contributed by atoms with E-state index in [0.717, 1.165) is 51.6 Å². The average molecular weight is 537 g/mol. The lowest BCUT2D eigenvalue weighted by atomic mass is 9.84. The van der Waals surface area contributed by atoms with E-state index in [1.54, 1.807) is 0 Å². The third-order valence-corrected chi connectivity index (χ3v) is 6.73. The number of hydrogen-bond donors (Lipinski definition) is 3. The molecule has 2 saturated heterocycles. The Bertz CT molecular complexity index is 594. The summed E-state index contributed by atoms with van der Waals surface area (Å²) in [6.45, 7) is 9.72. The summed E-state index contributed by atoms with van der Waals surface area (Å²) < 4.78 is 5.59. The number of nitrogens with one attached hydrogen (secondary N) is 2. The van der Waals surface area contributed by atoms with Gasteiger partial charge in [-0.25, -0.2) is 0 Å². The molecule has 2 aliphatic rings. The van der Waals surface area contributed by atoms with Crippen LogP contribution in [0.3, 0.4) is 0 Å². The van der Waals surface area contributed by atoms with Crippen molar-refractivity contribution < 1.29 is 9.84 Å². The maximum absolute atomic E-state index is 9.41. The number of nitrogens with zero attached hydrogens (tertiary/aromatic N) is 2.